The minimum atomic E-state index is -0.464. The first-order chi connectivity index (χ1) is 12.9. The van der Waals surface area contributed by atoms with Crippen LogP contribution in [0, 0.1) is 10.1 Å². The van der Waals surface area contributed by atoms with Crippen molar-refractivity contribution in [3.63, 3.8) is 0 Å². The van der Waals surface area contributed by atoms with Crippen molar-refractivity contribution in [1.29, 1.82) is 0 Å². The molecule has 0 aromatic heterocycles. The van der Waals surface area contributed by atoms with Gasteiger partial charge in [0.15, 0.2) is 0 Å². The summed E-state index contributed by atoms with van der Waals surface area (Å²) in [6, 6.07) is 6.05. The summed E-state index contributed by atoms with van der Waals surface area (Å²) in [5.41, 5.74) is 1.62. The molecule has 1 aromatic rings. The van der Waals surface area contributed by atoms with Gasteiger partial charge >= 0.3 is 0 Å². The molecule has 1 aliphatic rings. The van der Waals surface area contributed by atoms with Crippen LogP contribution in [-0.2, 0) is 9.59 Å². The zero-order valence-electron chi connectivity index (χ0n) is 16.0. The van der Waals surface area contributed by atoms with E-state index in [2.05, 4.69) is 10.2 Å². The molecule has 1 fully saturated rings. The van der Waals surface area contributed by atoms with Crippen molar-refractivity contribution in [1.82, 2.24) is 15.1 Å². The highest BCUT2D eigenvalue weighted by molar-refractivity contribution is 6.04. The molecule has 0 unspecified atom stereocenters. The summed E-state index contributed by atoms with van der Waals surface area (Å²) in [5.74, 6) is -0.444. The number of benzene rings is 1. The molecule has 0 radical (unpaired) electrons. The molecule has 8 heteroatoms. The molecule has 1 saturated heterocycles. The van der Waals surface area contributed by atoms with Crippen LogP contribution in [0.4, 0.5) is 5.69 Å². The van der Waals surface area contributed by atoms with Gasteiger partial charge in [-0.15, -0.1) is 0 Å². The minimum absolute atomic E-state index is 0.0151. The quantitative estimate of drug-likeness (QED) is 0.467. The average molecular weight is 374 g/mol. The number of carbonyl (C=O) groups is 2. The van der Waals surface area contributed by atoms with Crippen molar-refractivity contribution < 1.29 is 14.5 Å². The molecule has 1 heterocycles. The molecular weight excluding hydrogens is 348 g/mol. The predicted molar refractivity (Wildman–Crippen MR) is 103 cm³/mol. The van der Waals surface area contributed by atoms with Crippen LogP contribution >= 0.6 is 0 Å². The van der Waals surface area contributed by atoms with Gasteiger partial charge in [0.1, 0.15) is 5.70 Å². The van der Waals surface area contributed by atoms with E-state index >= 15 is 0 Å². The molecule has 0 aliphatic carbocycles. The van der Waals surface area contributed by atoms with E-state index in [4.69, 9.17) is 0 Å². The van der Waals surface area contributed by atoms with Gasteiger partial charge in [-0.1, -0.05) is 13.8 Å². The third kappa shape index (κ3) is 5.13. The molecule has 0 atom stereocenters. The third-order valence-corrected chi connectivity index (χ3v) is 4.67. The first-order valence-corrected chi connectivity index (χ1v) is 9.13. The molecule has 0 saturated carbocycles. The molecule has 146 valence electrons. The number of likely N-dealkylation sites (N-methyl/N-ethyl adjacent to an activating group) is 1. The lowest BCUT2D eigenvalue weighted by Crippen LogP contribution is -2.49. The van der Waals surface area contributed by atoms with Crippen LogP contribution in [0.1, 0.15) is 32.3 Å². The summed E-state index contributed by atoms with van der Waals surface area (Å²) >= 11 is 0. The number of nitro groups is 1. The average Bonchev–Trinajstić information content (AvgIpc) is 2.68. The van der Waals surface area contributed by atoms with Gasteiger partial charge in [-0.05, 0) is 36.7 Å². The van der Waals surface area contributed by atoms with E-state index < -0.39 is 4.92 Å². The fourth-order valence-corrected chi connectivity index (χ4v) is 2.96. The molecule has 2 amide bonds. The Balaban J connectivity index is 2.42. The van der Waals surface area contributed by atoms with Crippen LogP contribution in [0.15, 0.2) is 30.0 Å². The van der Waals surface area contributed by atoms with E-state index in [1.165, 1.54) is 12.1 Å². The highest BCUT2D eigenvalue weighted by Gasteiger charge is 2.26. The largest absolute Gasteiger partial charge is 0.335 e. The number of nitrogens with one attached hydrogen (secondary N) is 1. The Hall–Kier alpha value is -2.74. The van der Waals surface area contributed by atoms with Crippen LogP contribution in [-0.4, -0.2) is 59.8 Å². The highest BCUT2D eigenvalue weighted by atomic mass is 16.6. The van der Waals surface area contributed by atoms with E-state index in [9.17, 15) is 19.7 Å². The monoisotopic (exact) mass is 374 g/mol. The number of non-ortho nitro benzene ring substituents is 1. The van der Waals surface area contributed by atoms with Crippen molar-refractivity contribution in [3.8, 4) is 0 Å². The Labute approximate surface area is 159 Å². The van der Waals surface area contributed by atoms with Crippen LogP contribution in [0.25, 0.3) is 5.57 Å². The van der Waals surface area contributed by atoms with E-state index in [1.54, 1.807) is 24.0 Å². The number of amides is 2. The molecular formula is C19H26N4O4. The lowest BCUT2D eigenvalue weighted by atomic mass is 9.99. The van der Waals surface area contributed by atoms with E-state index in [0.29, 0.717) is 30.6 Å². The van der Waals surface area contributed by atoms with Crippen molar-refractivity contribution in [2.75, 3.05) is 33.2 Å². The fraction of sp³-hybridized carbons (Fsp3) is 0.474. The van der Waals surface area contributed by atoms with Gasteiger partial charge in [0.2, 0.25) is 5.91 Å². The molecule has 27 heavy (non-hydrogen) atoms. The maximum absolute atomic E-state index is 13.1. The lowest BCUT2D eigenvalue weighted by molar-refractivity contribution is -0.384. The van der Waals surface area contributed by atoms with Gasteiger partial charge in [-0.3, -0.25) is 19.7 Å². The third-order valence-electron chi connectivity index (χ3n) is 4.67. The number of nitrogens with zero attached hydrogens (tertiary/aromatic N) is 3. The standard InChI is InChI=1S/C19H26N4O4/c1-4-16(14-6-8-15(9-7-14)23(26)27)18(20-17(24)5-2)19(25)22-12-10-21(3)11-13-22/h6-9H,4-5,10-13H2,1-3H3,(H,20,24)/b18-16+. The van der Waals surface area contributed by atoms with Gasteiger partial charge in [-0.25, -0.2) is 0 Å². The number of hydrogen-bond donors (Lipinski definition) is 1. The normalized spacial score (nSPS) is 15.9. The smallest absolute Gasteiger partial charge is 0.270 e. The Morgan fingerprint density at radius 2 is 1.67 bits per heavy atom. The van der Waals surface area contributed by atoms with Crippen molar-refractivity contribution in [3.05, 3.63) is 45.6 Å². The van der Waals surface area contributed by atoms with E-state index in [-0.39, 0.29) is 29.6 Å². The van der Waals surface area contributed by atoms with Gasteiger partial charge in [0.05, 0.1) is 4.92 Å². The maximum Gasteiger partial charge on any atom is 0.270 e. The molecule has 1 aliphatic heterocycles. The van der Waals surface area contributed by atoms with E-state index in [0.717, 1.165) is 13.1 Å². The highest BCUT2D eigenvalue weighted by Crippen LogP contribution is 2.25. The number of hydrogen-bond acceptors (Lipinski definition) is 5. The topological polar surface area (TPSA) is 95.8 Å². The van der Waals surface area contributed by atoms with Crippen LogP contribution in [0.3, 0.4) is 0 Å². The van der Waals surface area contributed by atoms with Crippen molar-refractivity contribution in [2.24, 2.45) is 0 Å². The summed E-state index contributed by atoms with van der Waals surface area (Å²) in [5, 5.41) is 13.6. The molecule has 2 rings (SSSR count). The Morgan fingerprint density at radius 1 is 1.07 bits per heavy atom. The second-order valence-corrected chi connectivity index (χ2v) is 6.51. The summed E-state index contributed by atoms with van der Waals surface area (Å²) in [6.45, 7) is 6.37. The molecule has 1 aromatic carbocycles. The zero-order valence-corrected chi connectivity index (χ0v) is 16.0. The first kappa shape index (κ1) is 20.6. The van der Waals surface area contributed by atoms with Gasteiger partial charge < -0.3 is 15.1 Å². The number of allylic oxidation sites excluding steroid dienone is 1. The number of nitro benzene ring substituents is 1. The Morgan fingerprint density at radius 3 is 2.15 bits per heavy atom. The second kappa shape index (κ2) is 9.27. The first-order valence-electron chi connectivity index (χ1n) is 9.13. The second-order valence-electron chi connectivity index (χ2n) is 6.51. The molecule has 8 nitrogen and oxygen atoms in total. The molecule has 1 N–H and O–H groups in total. The van der Waals surface area contributed by atoms with Crippen LogP contribution in [0.5, 0.6) is 0 Å². The zero-order chi connectivity index (χ0) is 20.0. The number of carbonyl (C=O) groups excluding carboxylic acids is 2. The molecule has 0 spiro atoms. The Kier molecular flexibility index (Phi) is 7.06. The van der Waals surface area contributed by atoms with Crippen molar-refractivity contribution >= 4 is 23.1 Å². The summed E-state index contributed by atoms with van der Waals surface area (Å²) < 4.78 is 0. The molecule has 0 bridgehead atoms. The number of rotatable bonds is 6. The summed E-state index contributed by atoms with van der Waals surface area (Å²) in [7, 11) is 2.01. The summed E-state index contributed by atoms with van der Waals surface area (Å²) in [6.07, 6.45) is 0.771. The van der Waals surface area contributed by atoms with Crippen LogP contribution in [0.2, 0.25) is 0 Å². The lowest BCUT2D eigenvalue weighted by Gasteiger charge is -2.33. The minimum Gasteiger partial charge on any atom is -0.335 e. The fourth-order valence-electron chi connectivity index (χ4n) is 2.96. The van der Waals surface area contributed by atoms with E-state index in [1.807, 2.05) is 14.0 Å². The number of piperazine rings is 1. The van der Waals surface area contributed by atoms with Gasteiger partial charge in [0.25, 0.3) is 11.6 Å². The van der Waals surface area contributed by atoms with Crippen LogP contribution < -0.4 is 5.32 Å². The predicted octanol–water partition coefficient (Wildman–Crippen LogP) is 2.02. The summed E-state index contributed by atoms with van der Waals surface area (Å²) in [4.78, 5) is 39.5. The maximum atomic E-state index is 13.1. The van der Waals surface area contributed by atoms with Gasteiger partial charge in [-0.2, -0.15) is 0 Å². The Bertz CT molecular complexity index is 735. The van der Waals surface area contributed by atoms with Crippen molar-refractivity contribution in [2.45, 2.75) is 26.7 Å². The van der Waals surface area contributed by atoms with Gasteiger partial charge in [0, 0.05) is 44.7 Å². The SMILES string of the molecule is CCC(=O)N/C(C(=O)N1CCN(C)CC1)=C(\CC)c1ccc([N+](=O)[O-])cc1.